The van der Waals surface area contributed by atoms with Crippen LogP contribution in [0, 0.1) is 28.9 Å². The maximum atomic E-state index is 17.2. The van der Waals surface area contributed by atoms with Gasteiger partial charge in [-0.3, -0.25) is 4.90 Å². The number of carbonyl (C=O) groups is 1. The number of likely N-dealkylation sites (tertiary alicyclic amines) is 2. The van der Waals surface area contributed by atoms with Gasteiger partial charge in [0.25, 0.3) is 0 Å². The molecule has 1 spiro atoms. The highest BCUT2D eigenvalue weighted by Crippen LogP contribution is 2.47. The summed E-state index contributed by atoms with van der Waals surface area (Å²) in [6.07, 6.45) is 5.95. The van der Waals surface area contributed by atoms with Crippen molar-refractivity contribution in [1.82, 2.24) is 34.5 Å². The second-order valence-corrected chi connectivity index (χ2v) is 15.4. The van der Waals surface area contributed by atoms with E-state index in [4.69, 9.17) is 27.1 Å². The Labute approximate surface area is 301 Å². The van der Waals surface area contributed by atoms with Crippen LogP contribution in [0.4, 0.5) is 24.4 Å². The zero-order chi connectivity index (χ0) is 35.8. The van der Waals surface area contributed by atoms with Gasteiger partial charge in [-0.15, -0.1) is 11.3 Å². The first-order chi connectivity index (χ1) is 24.5. The number of ether oxygens (including phenoxy) is 1. The van der Waals surface area contributed by atoms with Crippen molar-refractivity contribution in [3.8, 4) is 23.2 Å². The van der Waals surface area contributed by atoms with Crippen LogP contribution >= 0.6 is 22.9 Å². The summed E-state index contributed by atoms with van der Waals surface area (Å²) in [5.74, 6) is -0.756. The van der Waals surface area contributed by atoms with E-state index in [0.717, 1.165) is 43.6 Å². The number of hydrogen-bond donors (Lipinski definition) is 1. The molecule has 0 bridgehead atoms. The van der Waals surface area contributed by atoms with Crippen LogP contribution in [0.3, 0.4) is 0 Å². The number of nitriles is 1. The number of likely N-dealkylation sites (N-methyl/N-ethyl adjacent to an activating group) is 1. The molecule has 0 saturated carbocycles. The second kappa shape index (κ2) is 12.5. The average Bonchev–Trinajstić information content (AvgIpc) is 3.86. The molecule has 4 atom stereocenters. The predicted molar refractivity (Wildman–Crippen MR) is 191 cm³/mol. The number of amides is 1. The molecule has 51 heavy (non-hydrogen) atoms. The van der Waals surface area contributed by atoms with Gasteiger partial charge in [0.15, 0.2) is 5.82 Å². The van der Waals surface area contributed by atoms with Gasteiger partial charge in [0.2, 0.25) is 0 Å². The molecule has 0 aliphatic carbocycles. The van der Waals surface area contributed by atoms with Crippen molar-refractivity contribution in [3.05, 3.63) is 53.1 Å². The van der Waals surface area contributed by atoms with Crippen LogP contribution in [0.1, 0.15) is 45.1 Å². The largest absolute Gasteiger partial charge is 0.459 e. The molecule has 16 heteroatoms. The summed E-state index contributed by atoms with van der Waals surface area (Å²) in [5.41, 5.74) is 5.82. The van der Waals surface area contributed by atoms with Gasteiger partial charge in [-0.25, -0.2) is 18.6 Å². The first-order valence-electron chi connectivity index (χ1n) is 16.9. The van der Waals surface area contributed by atoms with Crippen LogP contribution in [0.15, 0.2) is 30.9 Å². The fourth-order valence-corrected chi connectivity index (χ4v) is 9.61. The number of thiophene rings is 1. The van der Waals surface area contributed by atoms with Crippen LogP contribution in [-0.4, -0.2) is 91.5 Å². The lowest BCUT2D eigenvalue weighted by Crippen LogP contribution is -2.70. The van der Waals surface area contributed by atoms with Gasteiger partial charge in [0.05, 0.1) is 20.8 Å². The quantitative estimate of drug-likeness (QED) is 0.219. The molecule has 8 rings (SSSR count). The summed E-state index contributed by atoms with van der Waals surface area (Å²) < 4.78 is 40.0. The molecule has 5 aromatic rings. The molecule has 2 N–H and O–H groups in total. The Balaban J connectivity index is 1.28. The molecular weight excluding hydrogens is 698 g/mol. The Morgan fingerprint density at radius 2 is 2.10 bits per heavy atom. The van der Waals surface area contributed by atoms with Crippen molar-refractivity contribution in [2.75, 3.05) is 43.9 Å². The number of benzene rings is 2. The van der Waals surface area contributed by atoms with E-state index in [1.165, 1.54) is 29.5 Å². The van der Waals surface area contributed by atoms with E-state index in [2.05, 4.69) is 31.8 Å². The maximum absolute atomic E-state index is 17.2. The standard InChI is InChI=1S/C35H35ClF2N10O2S/c1-18-12-35(8-10-47(35)34(49)48-17-41-16-42-48)15-46(14-18)32-21-11-23(36)27(20-6-7-24(37)30-26(20)22(13-39)31(40)51-30)28(38)29(21)43-33(44-32)50-19(2)25-5-4-9-45(25)3/h6-7,11,16-19,25H,4-5,8-10,12,14-15,40H2,1-3H3/t18?,19-,25-,35-/m0/s1. The molecule has 1 amide bonds. The number of nitrogen functional groups attached to an aromatic ring is 1. The molecule has 12 nitrogen and oxygen atoms in total. The Kier molecular flexibility index (Phi) is 8.23. The van der Waals surface area contributed by atoms with Crippen LogP contribution in [0.25, 0.3) is 32.1 Å². The molecule has 1 unspecified atom stereocenters. The van der Waals surface area contributed by atoms with Crippen molar-refractivity contribution in [2.45, 2.75) is 57.2 Å². The predicted octanol–water partition coefficient (Wildman–Crippen LogP) is 6.31. The molecule has 0 radical (unpaired) electrons. The van der Waals surface area contributed by atoms with E-state index < -0.39 is 17.2 Å². The van der Waals surface area contributed by atoms with E-state index in [-0.39, 0.29) is 72.4 Å². The Morgan fingerprint density at radius 1 is 1.27 bits per heavy atom. The van der Waals surface area contributed by atoms with Crippen molar-refractivity contribution >= 4 is 60.8 Å². The number of anilines is 2. The van der Waals surface area contributed by atoms with Crippen LogP contribution in [0.5, 0.6) is 6.01 Å². The molecule has 2 aromatic carbocycles. The van der Waals surface area contributed by atoms with Gasteiger partial charge >= 0.3 is 12.0 Å². The summed E-state index contributed by atoms with van der Waals surface area (Å²) in [4.78, 5) is 33.1. The van der Waals surface area contributed by atoms with E-state index in [1.807, 2.05) is 24.9 Å². The zero-order valence-corrected chi connectivity index (χ0v) is 29.8. The highest BCUT2D eigenvalue weighted by atomic mass is 35.5. The Morgan fingerprint density at radius 3 is 2.78 bits per heavy atom. The SMILES string of the molecule is CC1CN(c2nc(O[C@@H](C)[C@@H]3CCCN3C)nc3c(F)c(-c4ccc(F)c5sc(N)c(C#N)c45)c(Cl)cc23)C[C@]2(CCN2C(=O)n2cncn2)C1. The lowest BCUT2D eigenvalue weighted by Gasteiger charge is -2.58. The Hall–Kier alpha value is -4.65. The van der Waals surface area contributed by atoms with E-state index >= 15 is 4.39 Å². The Bertz CT molecular complexity index is 2240. The third-order valence-corrected chi connectivity index (χ3v) is 12.0. The molecular formula is C35H35ClF2N10O2S. The zero-order valence-electron chi connectivity index (χ0n) is 28.2. The third-order valence-electron chi connectivity index (χ3n) is 10.7. The monoisotopic (exact) mass is 732 g/mol. The van der Waals surface area contributed by atoms with Gasteiger partial charge in [-0.1, -0.05) is 24.6 Å². The number of fused-ring (bicyclic) bond motifs is 2. The van der Waals surface area contributed by atoms with Gasteiger partial charge in [-0.05, 0) is 69.8 Å². The molecule has 3 aliphatic heterocycles. The average molecular weight is 733 g/mol. The number of hydrogen-bond acceptors (Lipinski definition) is 11. The van der Waals surface area contributed by atoms with Crippen LogP contribution < -0.4 is 15.4 Å². The van der Waals surface area contributed by atoms with E-state index in [9.17, 15) is 14.4 Å². The minimum atomic E-state index is -0.760. The summed E-state index contributed by atoms with van der Waals surface area (Å²) >= 11 is 7.87. The van der Waals surface area contributed by atoms with Crippen molar-refractivity contribution in [2.24, 2.45) is 5.92 Å². The summed E-state index contributed by atoms with van der Waals surface area (Å²) in [5, 5.41) is 14.7. The lowest BCUT2D eigenvalue weighted by atomic mass is 9.74. The van der Waals surface area contributed by atoms with Gasteiger partial charge in [0, 0.05) is 42.0 Å². The summed E-state index contributed by atoms with van der Waals surface area (Å²) in [6, 6.07) is 6.17. The minimum absolute atomic E-state index is 0.00986. The molecule has 264 valence electrons. The maximum Gasteiger partial charge on any atom is 0.346 e. The first-order valence-corrected chi connectivity index (χ1v) is 18.1. The molecule has 6 heterocycles. The first kappa shape index (κ1) is 33.5. The fraction of sp³-hybridized carbons (Fsp3) is 0.429. The lowest BCUT2D eigenvalue weighted by molar-refractivity contribution is -0.000524. The molecule has 3 fully saturated rings. The third kappa shape index (κ3) is 5.42. The summed E-state index contributed by atoms with van der Waals surface area (Å²) in [7, 11) is 2.05. The molecule has 3 aliphatic rings. The van der Waals surface area contributed by atoms with Gasteiger partial charge in [-0.2, -0.15) is 25.0 Å². The number of halogens is 3. The van der Waals surface area contributed by atoms with Crippen molar-refractivity contribution < 1.29 is 18.3 Å². The fourth-order valence-electron chi connectivity index (χ4n) is 8.36. The number of carbonyl (C=O) groups excluding carboxylic acids is 1. The number of piperidine rings is 1. The van der Waals surface area contributed by atoms with Crippen molar-refractivity contribution in [3.63, 3.8) is 0 Å². The van der Waals surface area contributed by atoms with Gasteiger partial charge < -0.3 is 20.3 Å². The number of nitrogens with two attached hydrogens (primary N) is 1. The van der Waals surface area contributed by atoms with Crippen LogP contribution in [0.2, 0.25) is 5.02 Å². The van der Waals surface area contributed by atoms with Gasteiger partial charge in [0.1, 0.15) is 47.0 Å². The van der Waals surface area contributed by atoms with E-state index in [1.54, 1.807) is 6.07 Å². The summed E-state index contributed by atoms with van der Waals surface area (Å²) in [6.45, 7) is 6.61. The number of aromatic nitrogens is 5. The smallest absolute Gasteiger partial charge is 0.346 e. The molecule has 3 saturated heterocycles. The van der Waals surface area contributed by atoms with E-state index in [0.29, 0.717) is 30.8 Å². The van der Waals surface area contributed by atoms with Crippen molar-refractivity contribution in [1.29, 1.82) is 5.26 Å². The normalized spacial score (nSPS) is 22.8. The highest BCUT2D eigenvalue weighted by molar-refractivity contribution is 7.23. The molecule has 3 aromatic heterocycles. The highest BCUT2D eigenvalue weighted by Gasteiger charge is 2.52. The topological polar surface area (TPSA) is 142 Å². The minimum Gasteiger partial charge on any atom is -0.459 e. The van der Waals surface area contributed by atoms with Crippen LogP contribution in [-0.2, 0) is 0 Å². The number of nitrogens with zero attached hydrogens (tertiary/aromatic N) is 9. The second-order valence-electron chi connectivity index (χ2n) is 14.0. The number of rotatable bonds is 5.